The first kappa shape index (κ1) is 10.1. The Kier molecular flexibility index (Phi) is 3.13. The van der Waals surface area contributed by atoms with Gasteiger partial charge in [-0.15, -0.1) is 5.10 Å². The summed E-state index contributed by atoms with van der Waals surface area (Å²) in [6, 6.07) is 0.187. The zero-order chi connectivity index (χ0) is 9.97. The molecule has 0 bridgehead atoms. The highest BCUT2D eigenvalue weighted by molar-refractivity contribution is 7.05. The number of aryl methyl sites for hydroxylation is 1. The van der Waals surface area contributed by atoms with Crippen molar-refractivity contribution in [1.82, 2.24) is 9.59 Å². The van der Waals surface area contributed by atoms with Crippen molar-refractivity contribution >= 4 is 11.5 Å². The second-order valence-electron chi connectivity index (χ2n) is 4.01. The van der Waals surface area contributed by atoms with Crippen molar-refractivity contribution in [2.45, 2.75) is 45.1 Å². The molecule has 0 aliphatic heterocycles. The van der Waals surface area contributed by atoms with Gasteiger partial charge in [-0.1, -0.05) is 24.3 Å². The third kappa shape index (κ3) is 1.81. The van der Waals surface area contributed by atoms with Crippen molar-refractivity contribution in [3.63, 3.8) is 0 Å². The van der Waals surface area contributed by atoms with Gasteiger partial charge in [0.2, 0.25) is 0 Å². The minimum absolute atomic E-state index is 0.187. The Morgan fingerprint density at radius 2 is 2.21 bits per heavy atom. The molecule has 1 aliphatic carbocycles. The summed E-state index contributed by atoms with van der Waals surface area (Å²) in [6.45, 7) is 2.11. The predicted molar refractivity (Wildman–Crippen MR) is 58.2 cm³/mol. The Labute approximate surface area is 88.9 Å². The fourth-order valence-corrected chi connectivity index (χ4v) is 3.08. The first-order valence-corrected chi connectivity index (χ1v) is 6.17. The second kappa shape index (κ2) is 4.36. The molecular weight excluding hydrogens is 194 g/mol. The summed E-state index contributed by atoms with van der Waals surface area (Å²) in [4.78, 5) is 1.22. The molecule has 1 aliphatic rings. The summed E-state index contributed by atoms with van der Waals surface area (Å²) < 4.78 is 4.00. The van der Waals surface area contributed by atoms with E-state index in [0.717, 1.165) is 12.1 Å². The third-order valence-electron chi connectivity index (χ3n) is 3.13. The fraction of sp³-hybridized carbons (Fsp3) is 0.800. The van der Waals surface area contributed by atoms with Crippen LogP contribution < -0.4 is 5.73 Å². The summed E-state index contributed by atoms with van der Waals surface area (Å²) in [7, 11) is 0. The van der Waals surface area contributed by atoms with E-state index >= 15 is 0 Å². The third-order valence-corrected chi connectivity index (χ3v) is 4.00. The van der Waals surface area contributed by atoms with E-state index in [9.17, 15) is 0 Å². The molecule has 2 rings (SSSR count). The molecule has 1 aromatic rings. The molecule has 1 unspecified atom stereocenters. The monoisotopic (exact) mass is 211 g/mol. The van der Waals surface area contributed by atoms with Gasteiger partial charge in [-0.2, -0.15) is 0 Å². The van der Waals surface area contributed by atoms with Crippen molar-refractivity contribution in [3.8, 4) is 0 Å². The molecule has 14 heavy (non-hydrogen) atoms. The lowest BCUT2D eigenvalue weighted by atomic mass is 9.96. The maximum atomic E-state index is 6.25. The molecule has 2 N–H and O–H groups in total. The van der Waals surface area contributed by atoms with Crippen LogP contribution in [0.5, 0.6) is 0 Å². The van der Waals surface area contributed by atoms with Crippen LogP contribution >= 0.6 is 11.5 Å². The van der Waals surface area contributed by atoms with Crippen LogP contribution in [0.3, 0.4) is 0 Å². The maximum Gasteiger partial charge on any atom is 0.0801 e. The van der Waals surface area contributed by atoms with Gasteiger partial charge in [-0.3, -0.25) is 0 Å². The van der Waals surface area contributed by atoms with E-state index in [4.69, 9.17) is 5.73 Å². The lowest BCUT2D eigenvalue weighted by Gasteiger charge is -2.17. The molecule has 0 saturated heterocycles. The van der Waals surface area contributed by atoms with E-state index in [1.54, 1.807) is 0 Å². The van der Waals surface area contributed by atoms with Crippen LogP contribution in [-0.4, -0.2) is 9.59 Å². The van der Waals surface area contributed by atoms with Gasteiger partial charge in [0.15, 0.2) is 0 Å². The van der Waals surface area contributed by atoms with E-state index in [2.05, 4.69) is 16.5 Å². The van der Waals surface area contributed by atoms with Crippen LogP contribution in [0.15, 0.2) is 0 Å². The molecule has 78 valence electrons. The predicted octanol–water partition coefficient (Wildman–Crippen LogP) is 2.29. The van der Waals surface area contributed by atoms with E-state index in [0.29, 0.717) is 5.92 Å². The minimum Gasteiger partial charge on any atom is -0.323 e. The van der Waals surface area contributed by atoms with Gasteiger partial charge in [0.05, 0.1) is 10.6 Å². The zero-order valence-electron chi connectivity index (χ0n) is 8.57. The number of rotatable bonds is 3. The van der Waals surface area contributed by atoms with Crippen molar-refractivity contribution in [2.24, 2.45) is 11.7 Å². The van der Waals surface area contributed by atoms with Gasteiger partial charge in [-0.05, 0) is 36.7 Å². The molecule has 1 saturated carbocycles. The summed E-state index contributed by atoms with van der Waals surface area (Å²) in [6.07, 6.45) is 6.19. The zero-order valence-corrected chi connectivity index (χ0v) is 9.39. The van der Waals surface area contributed by atoms with Crippen LogP contribution in [0.25, 0.3) is 0 Å². The quantitative estimate of drug-likeness (QED) is 0.834. The van der Waals surface area contributed by atoms with Crippen LogP contribution in [-0.2, 0) is 6.42 Å². The summed E-state index contributed by atoms with van der Waals surface area (Å²) in [5.41, 5.74) is 7.36. The highest BCUT2D eigenvalue weighted by atomic mass is 32.1. The number of nitrogens with zero attached hydrogens (tertiary/aromatic N) is 2. The molecule has 0 radical (unpaired) electrons. The number of hydrogen-bond acceptors (Lipinski definition) is 4. The van der Waals surface area contributed by atoms with Gasteiger partial charge < -0.3 is 5.73 Å². The average Bonchev–Trinajstić information content (AvgIpc) is 2.87. The van der Waals surface area contributed by atoms with Crippen LogP contribution in [0.2, 0.25) is 0 Å². The Morgan fingerprint density at radius 3 is 2.86 bits per heavy atom. The molecule has 0 aromatic carbocycles. The van der Waals surface area contributed by atoms with Gasteiger partial charge >= 0.3 is 0 Å². The topological polar surface area (TPSA) is 51.8 Å². The molecule has 0 amide bonds. The Morgan fingerprint density at radius 1 is 1.50 bits per heavy atom. The van der Waals surface area contributed by atoms with Gasteiger partial charge in [0, 0.05) is 6.04 Å². The molecule has 1 fully saturated rings. The molecule has 1 atom stereocenters. The smallest absolute Gasteiger partial charge is 0.0801 e. The molecule has 1 aromatic heterocycles. The summed E-state index contributed by atoms with van der Waals surface area (Å²) in [5, 5.41) is 4.12. The van der Waals surface area contributed by atoms with Gasteiger partial charge in [-0.25, -0.2) is 0 Å². The lowest BCUT2D eigenvalue weighted by molar-refractivity contribution is 0.447. The molecule has 3 nitrogen and oxygen atoms in total. The Balaban J connectivity index is 2.12. The second-order valence-corrected chi connectivity index (χ2v) is 4.79. The Hall–Kier alpha value is -0.480. The standard InChI is InChI=1S/C10H17N3S/c1-2-8-10(14-13-12-8)9(11)7-5-3-4-6-7/h7,9H,2-6,11H2,1H3. The molecule has 4 heteroatoms. The minimum atomic E-state index is 0.187. The molecule has 1 heterocycles. The average molecular weight is 211 g/mol. The number of hydrogen-bond donors (Lipinski definition) is 1. The van der Waals surface area contributed by atoms with Gasteiger partial charge in [0.1, 0.15) is 0 Å². The van der Waals surface area contributed by atoms with Crippen LogP contribution in [0.4, 0.5) is 0 Å². The molecule has 0 spiro atoms. The van der Waals surface area contributed by atoms with Crippen LogP contribution in [0.1, 0.15) is 49.2 Å². The molecular formula is C10H17N3S. The van der Waals surface area contributed by atoms with Crippen molar-refractivity contribution in [3.05, 3.63) is 10.6 Å². The van der Waals surface area contributed by atoms with Crippen LogP contribution in [0, 0.1) is 5.92 Å². The number of nitrogens with two attached hydrogens (primary N) is 1. The van der Waals surface area contributed by atoms with Crippen molar-refractivity contribution < 1.29 is 0 Å². The SMILES string of the molecule is CCc1nnsc1C(N)C1CCCC1. The maximum absolute atomic E-state index is 6.25. The largest absolute Gasteiger partial charge is 0.323 e. The van der Waals surface area contributed by atoms with E-state index in [-0.39, 0.29) is 6.04 Å². The fourth-order valence-electron chi connectivity index (χ4n) is 2.24. The number of aromatic nitrogens is 2. The normalized spacial score (nSPS) is 20.1. The summed E-state index contributed by atoms with van der Waals surface area (Å²) >= 11 is 1.48. The first-order valence-electron chi connectivity index (χ1n) is 5.39. The Bertz CT molecular complexity index is 291. The highest BCUT2D eigenvalue weighted by Gasteiger charge is 2.26. The highest BCUT2D eigenvalue weighted by Crippen LogP contribution is 2.36. The summed E-state index contributed by atoms with van der Waals surface area (Å²) in [5.74, 6) is 0.669. The lowest BCUT2D eigenvalue weighted by Crippen LogP contribution is -2.19. The van der Waals surface area contributed by atoms with E-state index in [1.165, 1.54) is 42.1 Å². The van der Waals surface area contributed by atoms with Gasteiger partial charge in [0.25, 0.3) is 0 Å². The van der Waals surface area contributed by atoms with E-state index < -0.39 is 0 Å². The first-order chi connectivity index (χ1) is 6.83. The van der Waals surface area contributed by atoms with Crippen molar-refractivity contribution in [1.29, 1.82) is 0 Å². The van der Waals surface area contributed by atoms with Crippen molar-refractivity contribution in [2.75, 3.05) is 0 Å². The van der Waals surface area contributed by atoms with E-state index in [1.807, 2.05) is 0 Å².